The van der Waals surface area contributed by atoms with Crippen molar-refractivity contribution in [1.82, 2.24) is 10.6 Å². The standard InChI is InChI=1S/C14H14N2O3/c1-15-12(17)9-16-14(18)13-11(7-8-19-13)10-5-3-2-4-6-10/h2-8H,9H2,1H3,(H,15,17)(H,16,18). The maximum absolute atomic E-state index is 11.9. The van der Waals surface area contributed by atoms with Gasteiger partial charge >= 0.3 is 0 Å². The summed E-state index contributed by atoms with van der Waals surface area (Å²) >= 11 is 0. The van der Waals surface area contributed by atoms with Gasteiger partial charge in [0.15, 0.2) is 5.76 Å². The van der Waals surface area contributed by atoms with Crippen LogP contribution in [-0.2, 0) is 4.79 Å². The summed E-state index contributed by atoms with van der Waals surface area (Å²) in [6.07, 6.45) is 1.46. The Labute approximate surface area is 110 Å². The molecule has 0 aliphatic rings. The van der Waals surface area contributed by atoms with Crippen molar-refractivity contribution in [1.29, 1.82) is 0 Å². The first-order chi connectivity index (χ1) is 9.22. The fourth-order valence-corrected chi connectivity index (χ4v) is 1.66. The van der Waals surface area contributed by atoms with Crippen molar-refractivity contribution < 1.29 is 14.0 Å². The molecule has 2 rings (SSSR count). The molecule has 1 heterocycles. The summed E-state index contributed by atoms with van der Waals surface area (Å²) in [5.74, 6) is -0.469. The van der Waals surface area contributed by atoms with Crippen molar-refractivity contribution in [2.24, 2.45) is 0 Å². The molecule has 0 aliphatic heterocycles. The van der Waals surface area contributed by atoms with Crippen LogP contribution < -0.4 is 10.6 Å². The quantitative estimate of drug-likeness (QED) is 0.871. The predicted octanol–water partition coefficient (Wildman–Crippen LogP) is 1.42. The number of hydrogen-bond donors (Lipinski definition) is 2. The Hall–Kier alpha value is -2.56. The van der Waals surface area contributed by atoms with Crippen LogP contribution in [-0.4, -0.2) is 25.4 Å². The van der Waals surface area contributed by atoms with Gasteiger partial charge in [0.05, 0.1) is 12.8 Å². The zero-order chi connectivity index (χ0) is 13.7. The molecule has 1 aromatic heterocycles. The van der Waals surface area contributed by atoms with Crippen LogP contribution in [0.2, 0.25) is 0 Å². The van der Waals surface area contributed by atoms with Crippen LogP contribution in [0.3, 0.4) is 0 Å². The van der Waals surface area contributed by atoms with Crippen molar-refractivity contribution in [3.8, 4) is 11.1 Å². The molecule has 0 fully saturated rings. The predicted molar refractivity (Wildman–Crippen MR) is 70.5 cm³/mol. The van der Waals surface area contributed by atoms with Crippen LogP contribution in [0, 0.1) is 0 Å². The van der Waals surface area contributed by atoms with Gasteiger partial charge in [-0.1, -0.05) is 30.3 Å². The molecule has 0 saturated heterocycles. The lowest BCUT2D eigenvalue weighted by atomic mass is 10.1. The van der Waals surface area contributed by atoms with Gasteiger partial charge in [-0.15, -0.1) is 0 Å². The van der Waals surface area contributed by atoms with Gasteiger partial charge in [0.2, 0.25) is 5.91 Å². The van der Waals surface area contributed by atoms with E-state index in [0.717, 1.165) is 5.56 Å². The van der Waals surface area contributed by atoms with Crippen LogP contribution in [0.15, 0.2) is 47.1 Å². The largest absolute Gasteiger partial charge is 0.459 e. The molecule has 2 aromatic rings. The van der Waals surface area contributed by atoms with Gasteiger partial charge in [0, 0.05) is 12.6 Å². The fourth-order valence-electron chi connectivity index (χ4n) is 1.66. The van der Waals surface area contributed by atoms with Gasteiger partial charge in [0.25, 0.3) is 5.91 Å². The molecule has 0 saturated carbocycles. The summed E-state index contributed by atoms with van der Waals surface area (Å²) in [4.78, 5) is 23.0. The second kappa shape index (κ2) is 5.86. The third kappa shape index (κ3) is 3.01. The van der Waals surface area contributed by atoms with Crippen molar-refractivity contribution in [2.45, 2.75) is 0 Å². The van der Waals surface area contributed by atoms with E-state index in [2.05, 4.69) is 10.6 Å². The van der Waals surface area contributed by atoms with E-state index in [1.807, 2.05) is 30.3 Å². The lowest BCUT2D eigenvalue weighted by Gasteiger charge is -2.04. The molecular formula is C14H14N2O3. The summed E-state index contributed by atoms with van der Waals surface area (Å²) in [5.41, 5.74) is 1.59. The Morgan fingerprint density at radius 1 is 1.16 bits per heavy atom. The Morgan fingerprint density at radius 3 is 2.58 bits per heavy atom. The molecule has 0 unspecified atom stereocenters. The minimum absolute atomic E-state index is 0.0791. The van der Waals surface area contributed by atoms with E-state index < -0.39 is 5.91 Å². The third-order valence-electron chi connectivity index (χ3n) is 2.64. The lowest BCUT2D eigenvalue weighted by Crippen LogP contribution is -2.35. The lowest BCUT2D eigenvalue weighted by molar-refractivity contribution is -0.119. The molecule has 0 bridgehead atoms. The van der Waals surface area contributed by atoms with Crippen molar-refractivity contribution in [2.75, 3.05) is 13.6 Å². The molecule has 2 amide bonds. The van der Waals surface area contributed by atoms with E-state index in [-0.39, 0.29) is 18.2 Å². The van der Waals surface area contributed by atoms with Crippen LogP contribution in [0.25, 0.3) is 11.1 Å². The normalized spacial score (nSPS) is 9.95. The number of likely N-dealkylation sites (N-methyl/N-ethyl adjacent to an activating group) is 1. The molecule has 0 atom stereocenters. The summed E-state index contributed by atoms with van der Waals surface area (Å²) in [5, 5.41) is 4.93. The maximum atomic E-state index is 11.9. The molecule has 5 heteroatoms. The fraction of sp³-hybridized carbons (Fsp3) is 0.143. The highest BCUT2D eigenvalue weighted by atomic mass is 16.3. The van der Waals surface area contributed by atoms with Gasteiger partial charge in [-0.05, 0) is 11.6 Å². The highest BCUT2D eigenvalue weighted by Crippen LogP contribution is 2.24. The second-order valence-corrected chi connectivity index (χ2v) is 3.89. The summed E-state index contributed by atoms with van der Waals surface area (Å²) < 4.78 is 5.20. The Morgan fingerprint density at radius 2 is 1.89 bits per heavy atom. The van der Waals surface area contributed by atoms with Crippen molar-refractivity contribution in [3.05, 3.63) is 48.4 Å². The van der Waals surface area contributed by atoms with Gasteiger partial charge in [-0.25, -0.2) is 0 Å². The molecule has 5 nitrogen and oxygen atoms in total. The van der Waals surface area contributed by atoms with Gasteiger partial charge < -0.3 is 15.1 Å². The number of furan rings is 1. The molecule has 0 aliphatic carbocycles. The zero-order valence-electron chi connectivity index (χ0n) is 10.5. The topological polar surface area (TPSA) is 71.3 Å². The number of amides is 2. The van der Waals surface area contributed by atoms with Crippen LogP contribution in [0.4, 0.5) is 0 Å². The zero-order valence-corrected chi connectivity index (χ0v) is 10.5. The number of nitrogens with one attached hydrogen (secondary N) is 2. The van der Waals surface area contributed by atoms with E-state index >= 15 is 0 Å². The second-order valence-electron chi connectivity index (χ2n) is 3.89. The van der Waals surface area contributed by atoms with E-state index in [0.29, 0.717) is 5.56 Å². The summed E-state index contributed by atoms with van der Waals surface area (Å²) in [7, 11) is 1.51. The van der Waals surface area contributed by atoms with E-state index in [1.54, 1.807) is 6.07 Å². The summed E-state index contributed by atoms with van der Waals surface area (Å²) in [6.45, 7) is -0.0791. The smallest absolute Gasteiger partial charge is 0.288 e. The molecule has 2 N–H and O–H groups in total. The maximum Gasteiger partial charge on any atom is 0.288 e. The minimum atomic E-state index is -0.410. The molecule has 98 valence electrons. The van der Waals surface area contributed by atoms with Gasteiger partial charge in [-0.3, -0.25) is 9.59 Å². The highest BCUT2D eigenvalue weighted by Gasteiger charge is 2.16. The monoisotopic (exact) mass is 258 g/mol. The van der Waals surface area contributed by atoms with E-state index in [1.165, 1.54) is 13.3 Å². The molecule has 1 aromatic carbocycles. The minimum Gasteiger partial charge on any atom is -0.459 e. The average Bonchev–Trinajstić information content (AvgIpc) is 2.94. The number of carbonyl (C=O) groups is 2. The number of rotatable bonds is 4. The Kier molecular flexibility index (Phi) is 3.97. The molecule has 0 radical (unpaired) electrons. The van der Waals surface area contributed by atoms with E-state index in [9.17, 15) is 9.59 Å². The van der Waals surface area contributed by atoms with Gasteiger partial charge in [0.1, 0.15) is 0 Å². The van der Waals surface area contributed by atoms with E-state index in [4.69, 9.17) is 4.42 Å². The molecular weight excluding hydrogens is 244 g/mol. The number of benzene rings is 1. The first kappa shape index (κ1) is 12.9. The first-order valence-electron chi connectivity index (χ1n) is 5.84. The average molecular weight is 258 g/mol. The van der Waals surface area contributed by atoms with Gasteiger partial charge in [-0.2, -0.15) is 0 Å². The molecule has 19 heavy (non-hydrogen) atoms. The molecule has 0 spiro atoms. The van der Waals surface area contributed by atoms with Crippen molar-refractivity contribution >= 4 is 11.8 Å². The number of carbonyl (C=O) groups excluding carboxylic acids is 2. The van der Waals surface area contributed by atoms with Crippen molar-refractivity contribution in [3.63, 3.8) is 0 Å². The summed E-state index contributed by atoms with van der Waals surface area (Å²) in [6, 6.07) is 11.2. The van der Waals surface area contributed by atoms with Crippen LogP contribution in [0.1, 0.15) is 10.6 Å². The first-order valence-corrected chi connectivity index (χ1v) is 5.84. The third-order valence-corrected chi connectivity index (χ3v) is 2.64. The SMILES string of the molecule is CNC(=O)CNC(=O)c1occc1-c1ccccc1. The van der Waals surface area contributed by atoms with Crippen LogP contribution >= 0.6 is 0 Å². The highest BCUT2D eigenvalue weighted by molar-refractivity contribution is 5.99. The Balaban J connectivity index is 2.16. The number of hydrogen-bond acceptors (Lipinski definition) is 3. The van der Waals surface area contributed by atoms with Crippen LogP contribution in [0.5, 0.6) is 0 Å². The Bertz CT molecular complexity index is 575.